The van der Waals surface area contributed by atoms with Crippen LogP contribution in [0.15, 0.2) is 29.3 Å². The minimum absolute atomic E-state index is 0. The Bertz CT molecular complexity index is 738. The number of rotatable bonds is 7. The van der Waals surface area contributed by atoms with Gasteiger partial charge in [-0.2, -0.15) is 0 Å². The molecule has 0 aliphatic carbocycles. The number of amides is 2. The van der Waals surface area contributed by atoms with Gasteiger partial charge in [0.2, 0.25) is 11.8 Å². The lowest BCUT2D eigenvalue weighted by Crippen LogP contribution is -2.47. The van der Waals surface area contributed by atoms with Crippen LogP contribution in [0.25, 0.3) is 0 Å². The fraction of sp³-hybridized carbons (Fsp3) is 0.591. The first-order valence-corrected chi connectivity index (χ1v) is 10.7. The number of halogens is 1. The molecule has 2 heterocycles. The van der Waals surface area contributed by atoms with Gasteiger partial charge in [0, 0.05) is 45.6 Å². The summed E-state index contributed by atoms with van der Waals surface area (Å²) in [5.41, 5.74) is 7.68. The van der Waals surface area contributed by atoms with Crippen molar-refractivity contribution in [1.82, 2.24) is 15.1 Å². The molecule has 2 saturated heterocycles. The third-order valence-corrected chi connectivity index (χ3v) is 5.62. The van der Waals surface area contributed by atoms with Crippen LogP contribution in [0.1, 0.15) is 50.2 Å². The van der Waals surface area contributed by atoms with Gasteiger partial charge >= 0.3 is 0 Å². The first kappa shape index (κ1) is 24.4. The predicted octanol–water partition coefficient (Wildman–Crippen LogP) is 2.48. The van der Waals surface area contributed by atoms with Crippen molar-refractivity contribution in [3.05, 3.63) is 35.4 Å². The highest BCUT2D eigenvalue weighted by Gasteiger charge is 2.23. The van der Waals surface area contributed by atoms with E-state index in [-0.39, 0.29) is 35.8 Å². The number of piperidine rings is 1. The highest BCUT2D eigenvalue weighted by Crippen LogP contribution is 2.20. The van der Waals surface area contributed by atoms with Crippen molar-refractivity contribution < 1.29 is 9.59 Å². The molecule has 2 fully saturated rings. The standard InChI is InChI=1S/C22H33N5O2.HI/c1-2-24-22(27-12-3-5-19(16-27)13-20(23)28)25-14-17-7-9-18(10-8-17)15-26-11-4-6-21(26)29;/h7-10,19H,2-6,11-16H2,1H3,(H2,23,28)(H,24,25);1H. The molecule has 0 spiro atoms. The molecule has 1 aromatic rings. The number of guanidine groups is 1. The lowest BCUT2D eigenvalue weighted by atomic mass is 9.95. The lowest BCUT2D eigenvalue weighted by molar-refractivity contribution is -0.128. The Morgan fingerprint density at radius 2 is 1.93 bits per heavy atom. The number of carbonyl (C=O) groups excluding carboxylic acids is 2. The molecule has 1 unspecified atom stereocenters. The molecular formula is C22H34IN5O2. The largest absolute Gasteiger partial charge is 0.370 e. The summed E-state index contributed by atoms with van der Waals surface area (Å²) < 4.78 is 0. The fourth-order valence-electron chi connectivity index (χ4n) is 4.14. The van der Waals surface area contributed by atoms with E-state index >= 15 is 0 Å². The highest BCUT2D eigenvalue weighted by molar-refractivity contribution is 14.0. The van der Waals surface area contributed by atoms with Crippen molar-refractivity contribution in [3.8, 4) is 0 Å². The summed E-state index contributed by atoms with van der Waals surface area (Å²) in [6.45, 7) is 6.79. The van der Waals surface area contributed by atoms with E-state index in [0.717, 1.165) is 62.5 Å². The zero-order valence-electron chi connectivity index (χ0n) is 17.8. The molecular weight excluding hydrogens is 493 g/mol. The number of benzene rings is 1. The second-order valence-electron chi connectivity index (χ2n) is 8.03. The summed E-state index contributed by atoms with van der Waals surface area (Å²) >= 11 is 0. The Balaban J connectivity index is 0.00000320. The van der Waals surface area contributed by atoms with Crippen LogP contribution in [0, 0.1) is 5.92 Å². The van der Waals surface area contributed by atoms with Crippen LogP contribution in [0.5, 0.6) is 0 Å². The number of nitrogens with two attached hydrogens (primary N) is 1. The summed E-state index contributed by atoms with van der Waals surface area (Å²) in [6, 6.07) is 8.37. The summed E-state index contributed by atoms with van der Waals surface area (Å²) in [5, 5.41) is 3.38. The van der Waals surface area contributed by atoms with Crippen LogP contribution in [0.2, 0.25) is 0 Å². The molecule has 1 atom stereocenters. The Labute approximate surface area is 196 Å². The number of likely N-dealkylation sites (tertiary alicyclic amines) is 2. The quantitative estimate of drug-likeness (QED) is 0.324. The Morgan fingerprint density at radius 3 is 2.57 bits per heavy atom. The van der Waals surface area contributed by atoms with E-state index < -0.39 is 0 Å². The molecule has 166 valence electrons. The monoisotopic (exact) mass is 527 g/mol. The summed E-state index contributed by atoms with van der Waals surface area (Å²) in [7, 11) is 0. The Hall–Kier alpha value is -1.84. The molecule has 2 aliphatic rings. The van der Waals surface area contributed by atoms with E-state index in [1.807, 2.05) is 4.90 Å². The van der Waals surface area contributed by atoms with E-state index in [1.54, 1.807) is 0 Å². The van der Waals surface area contributed by atoms with E-state index in [9.17, 15) is 9.59 Å². The molecule has 8 heteroatoms. The van der Waals surface area contributed by atoms with Gasteiger partial charge in [-0.05, 0) is 43.2 Å². The van der Waals surface area contributed by atoms with Crippen molar-refractivity contribution in [3.63, 3.8) is 0 Å². The first-order chi connectivity index (χ1) is 14.0. The average molecular weight is 527 g/mol. The number of carbonyl (C=O) groups is 2. The first-order valence-electron chi connectivity index (χ1n) is 10.7. The van der Waals surface area contributed by atoms with Crippen molar-refractivity contribution in [2.45, 2.75) is 52.1 Å². The third kappa shape index (κ3) is 7.14. The van der Waals surface area contributed by atoms with Gasteiger partial charge in [0.25, 0.3) is 0 Å². The van der Waals surface area contributed by atoms with Crippen molar-refractivity contribution in [2.24, 2.45) is 16.6 Å². The van der Waals surface area contributed by atoms with E-state index in [4.69, 9.17) is 10.7 Å². The van der Waals surface area contributed by atoms with Crippen LogP contribution in [0.4, 0.5) is 0 Å². The third-order valence-electron chi connectivity index (χ3n) is 5.62. The molecule has 1 aromatic carbocycles. The number of nitrogens with zero attached hydrogens (tertiary/aromatic N) is 3. The average Bonchev–Trinajstić information content (AvgIpc) is 3.10. The molecule has 7 nitrogen and oxygen atoms in total. The maximum absolute atomic E-state index is 11.8. The predicted molar refractivity (Wildman–Crippen MR) is 129 cm³/mol. The molecule has 2 amide bonds. The van der Waals surface area contributed by atoms with Gasteiger partial charge in [-0.1, -0.05) is 24.3 Å². The zero-order chi connectivity index (χ0) is 20.6. The summed E-state index contributed by atoms with van der Waals surface area (Å²) in [5.74, 6) is 1.23. The number of aliphatic imine (C=N–C) groups is 1. The molecule has 0 radical (unpaired) electrons. The molecule has 3 rings (SSSR count). The van der Waals surface area contributed by atoms with Crippen LogP contribution in [0.3, 0.4) is 0 Å². The smallest absolute Gasteiger partial charge is 0.222 e. The molecule has 3 N–H and O–H groups in total. The van der Waals surface area contributed by atoms with Gasteiger partial charge in [-0.3, -0.25) is 9.59 Å². The molecule has 0 saturated carbocycles. The lowest BCUT2D eigenvalue weighted by Gasteiger charge is -2.34. The Morgan fingerprint density at radius 1 is 1.20 bits per heavy atom. The topological polar surface area (TPSA) is 91.0 Å². The van der Waals surface area contributed by atoms with E-state index in [0.29, 0.717) is 31.8 Å². The van der Waals surface area contributed by atoms with E-state index in [1.165, 1.54) is 0 Å². The summed E-state index contributed by atoms with van der Waals surface area (Å²) in [6.07, 6.45) is 4.18. The van der Waals surface area contributed by atoms with Crippen LogP contribution < -0.4 is 11.1 Å². The van der Waals surface area contributed by atoms with Gasteiger partial charge in [0.15, 0.2) is 5.96 Å². The SMILES string of the molecule is CCNC(=NCc1ccc(CN2CCCC2=O)cc1)N1CCCC(CC(N)=O)C1.I. The van der Waals surface area contributed by atoms with Crippen LogP contribution in [-0.4, -0.2) is 53.8 Å². The molecule has 2 aliphatic heterocycles. The van der Waals surface area contributed by atoms with Crippen LogP contribution >= 0.6 is 24.0 Å². The maximum atomic E-state index is 11.8. The molecule has 0 aromatic heterocycles. The molecule has 0 bridgehead atoms. The van der Waals surface area contributed by atoms with Crippen LogP contribution in [-0.2, 0) is 22.7 Å². The molecule has 30 heavy (non-hydrogen) atoms. The number of nitrogens with one attached hydrogen (secondary N) is 1. The minimum atomic E-state index is -0.227. The zero-order valence-corrected chi connectivity index (χ0v) is 20.1. The maximum Gasteiger partial charge on any atom is 0.222 e. The van der Waals surface area contributed by atoms with Gasteiger partial charge < -0.3 is 20.9 Å². The van der Waals surface area contributed by atoms with Gasteiger partial charge in [-0.15, -0.1) is 24.0 Å². The van der Waals surface area contributed by atoms with Gasteiger partial charge in [-0.25, -0.2) is 4.99 Å². The normalized spacial score (nSPS) is 19.6. The minimum Gasteiger partial charge on any atom is -0.370 e. The van der Waals surface area contributed by atoms with Crippen molar-refractivity contribution in [2.75, 3.05) is 26.2 Å². The van der Waals surface area contributed by atoms with E-state index in [2.05, 4.69) is 41.4 Å². The number of hydrogen-bond acceptors (Lipinski definition) is 3. The number of primary amides is 1. The van der Waals surface area contributed by atoms with Gasteiger partial charge in [0.1, 0.15) is 0 Å². The summed E-state index contributed by atoms with van der Waals surface area (Å²) in [4.78, 5) is 32.0. The van der Waals surface area contributed by atoms with Crippen molar-refractivity contribution >= 4 is 41.8 Å². The number of hydrogen-bond donors (Lipinski definition) is 2. The highest BCUT2D eigenvalue weighted by atomic mass is 127. The fourth-order valence-corrected chi connectivity index (χ4v) is 4.14. The second-order valence-corrected chi connectivity index (χ2v) is 8.03. The Kier molecular flexibility index (Phi) is 9.87. The van der Waals surface area contributed by atoms with Crippen molar-refractivity contribution in [1.29, 1.82) is 0 Å². The van der Waals surface area contributed by atoms with Gasteiger partial charge in [0.05, 0.1) is 6.54 Å². The second kappa shape index (κ2) is 12.1.